The molecule has 1 aromatic carbocycles. The van der Waals surface area contributed by atoms with Crippen LogP contribution < -0.4 is 4.74 Å². The summed E-state index contributed by atoms with van der Waals surface area (Å²) in [5.41, 5.74) is 0.219. The monoisotopic (exact) mass is 328 g/mol. The molecule has 0 radical (unpaired) electrons. The van der Waals surface area contributed by atoms with E-state index >= 15 is 0 Å². The van der Waals surface area contributed by atoms with Gasteiger partial charge < -0.3 is 4.74 Å². The topological polar surface area (TPSA) is 105 Å². The Morgan fingerprint density at radius 1 is 1.14 bits per heavy atom. The Bertz CT molecular complexity index is 596. The summed E-state index contributed by atoms with van der Waals surface area (Å²) in [6.45, 7) is 2.13. The van der Waals surface area contributed by atoms with E-state index in [1.165, 1.54) is 30.7 Å². The third-order valence-electron chi connectivity index (χ3n) is 2.81. The van der Waals surface area contributed by atoms with Gasteiger partial charge in [-0.1, -0.05) is 32.6 Å². The van der Waals surface area contributed by atoms with Gasteiger partial charge in [-0.05, 0) is 35.2 Å². The number of esters is 1. The van der Waals surface area contributed by atoms with Gasteiger partial charge in [0.15, 0.2) is 0 Å². The van der Waals surface area contributed by atoms with Crippen molar-refractivity contribution in [3.8, 4) is 5.75 Å². The zero-order valence-corrected chi connectivity index (χ0v) is 13.3. The number of hydrogen-bond donors (Lipinski definition) is 1. The van der Waals surface area contributed by atoms with Gasteiger partial charge in [-0.15, -0.1) is 5.11 Å². The molecular weight excluding hydrogens is 308 g/mol. The van der Waals surface area contributed by atoms with Crippen LogP contribution in [-0.2, 0) is 15.1 Å². The first kappa shape index (κ1) is 18.2. The van der Waals surface area contributed by atoms with Crippen molar-refractivity contribution in [3.05, 3.63) is 24.3 Å². The number of rotatable bonds is 9. The van der Waals surface area contributed by atoms with Crippen LogP contribution in [0.3, 0.4) is 0 Å². The fourth-order valence-electron chi connectivity index (χ4n) is 1.73. The van der Waals surface area contributed by atoms with Gasteiger partial charge in [-0.25, -0.2) is 0 Å². The average molecular weight is 328 g/mol. The highest BCUT2D eigenvalue weighted by Crippen LogP contribution is 2.19. The molecule has 1 N–H and O–H groups in total. The van der Waals surface area contributed by atoms with Gasteiger partial charge in [0.2, 0.25) is 0 Å². The number of nitrogens with zero attached hydrogens (tertiary/aromatic N) is 2. The molecule has 0 aliphatic carbocycles. The second-order valence-corrected chi connectivity index (χ2v) is 5.82. The molecule has 0 bridgehead atoms. The Balaban J connectivity index is 2.40. The summed E-state index contributed by atoms with van der Waals surface area (Å²) < 4.78 is 37.1. The highest BCUT2D eigenvalue weighted by molar-refractivity contribution is 7.84. The summed E-state index contributed by atoms with van der Waals surface area (Å²) >= 11 is 0. The Morgan fingerprint density at radius 3 is 2.36 bits per heavy atom. The van der Waals surface area contributed by atoms with Crippen molar-refractivity contribution in [3.63, 3.8) is 0 Å². The maximum atomic E-state index is 11.6. The van der Waals surface area contributed by atoms with Gasteiger partial charge in [0.25, 0.3) is 0 Å². The van der Waals surface area contributed by atoms with Crippen molar-refractivity contribution in [1.82, 2.24) is 0 Å². The Hall–Kier alpha value is -1.80. The largest absolute Gasteiger partial charge is 0.427 e. The molecule has 0 spiro atoms. The molecule has 0 saturated carbocycles. The first-order valence-electron chi connectivity index (χ1n) is 7.12. The highest BCUT2D eigenvalue weighted by atomic mass is 32.2. The summed E-state index contributed by atoms with van der Waals surface area (Å²) in [5.74, 6) is 0.0492. The summed E-state index contributed by atoms with van der Waals surface area (Å²) in [7, 11) is -4.50. The molecule has 7 nitrogen and oxygen atoms in total. The number of ether oxygens (including phenoxy) is 1. The highest BCUT2D eigenvalue weighted by Gasteiger charge is 2.05. The van der Waals surface area contributed by atoms with Gasteiger partial charge in [0.05, 0.1) is 5.69 Å². The molecule has 0 aliphatic heterocycles. The van der Waals surface area contributed by atoms with Gasteiger partial charge in [-0.2, -0.15) is 8.42 Å². The zero-order valence-electron chi connectivity index (χ0n) is 12.4. The standard InChI is InChI=1S/C14H20N2O5S/c1-2-3-4-5-6-7-14(17)21-13-10-8-12(9-11-13)15-16-22(18,19)20/h8-11H,2-7H2,1H3,(H,18,19,20). The van der Waals surface area contributed by atoms with E-state index in [1.54, 1.807) is 0 Å². The number of benzene rings is 1. The molecule has 0 aromatic heterocycles. The molecule has 0 atom stereocenters. The average Bonchev–Trinajstić information content (AvgIpc) is 2.45. The van der Waals surface area contributed by atoms with E-state index in [0.29, 0.717) is 12.2 Å². The van der Waals surface area contributed by atoms with Crippen LogP contribution in [0.2, 0.25) is 0 Å². The van der Waals surface area contributed by atoms with Crippen LogP contribution in [-0.4, -0.2) is 18.9 Å². The van der Waals surface area contributed by atoms with E-state index < -0.39 is 10.3 Å². The van der Waals surface area contributed by atoms with Gasteiger partial charge in [0.1, 0.15) is 5.75 Å². The van der Waals surface area contributed by atoms with Gasteiger partial charge >= 0.3 is 16.3 Å². The second-order valence-electron chi connectivity index (χ2n) is 4.76. The van der Waals surface area contributed by atoms with Crippen molar-refractivity contribution in [2.24, 2.45) is 9.63 Å². The van der Waals surface area contributed by atoms with Crippen molar-refractivity contribution >= 4 is 22.0 Å². The van der Waals surface area contributed by atoms with Crippen molar-refractivity contribution in [1.29, 1.82) is 0 Å². The molecule has 1 aromatic rings. The Kier molecular flexibility index (Phi) is 7.69. The predicted molar refractivity (Wildman–Crippen MR) is 81.5 cm³/mol. The lowest BCUT2D eigenvalue weighted by molar-refractivity contribution is -0.134. The molecule has 0 unspecified atom stereocenters. The summed E-state index contributed by atoms with van der Waals surface area (Å²) in [6.07, 6.45) is 5.64. The number of carbonyl (C=O) groups is 1. The van der Waals surface area contributed by atoms with Crippen LogP contribution in [0.15, 0.2) is 33.9 Å². The number of unbranched alkanes of at least 4 members (excludes halogenated alkanes) is 4. The number of hydrogen-bond acceptors (Lipinski definition) is 5. The van der Waals surface area contributed by atoms with Crippen LogP contribution in [0, 0.1) is 0 Å². The third-order valence-corrected chi connectivity index (χ3v) is 3.10. The maximum absolute atomic E-state index is 11.6. The molecule has 0 amide bonds. The minimum atomic E-state index is -4.50. The van der Waals surface area contributed by atoms with Crippen molar-refractivity contribution < 1.29 is 22.5 Å². The minimum Gasteiger partial charge on any atom is -0.427 e. The first-order valence-corrected chi connectivity index (χ1v) is 8.51. The third kappa shape index (κ3) is 8.48. The van der Waals surface area contributed by atoms with Gasteiger partial charge in [0, 0.05) is 6.42 Å². The second kappa shape index (κ2) is 9.26. The molecule has 122 valence electrons. The Morgan fingerprint density at radius 2 is 1.77 bits per heavy atom. The molecule has 8 heteroatoms. The van der Waals surface area contributed by atoms with Crippen molar-refractivity contribution in [2.75, 3.05) is 0 Å². The van der Waals surface area contributed by atoms with E-state index in [2.05, 4.69) is 16.6 Å². The molecule has 1 rings (SSSR count). The molecule has 0 aliphatic rings. The van der Waals surface area contributed by atoms with Crippen LogP contribution in [0.4, 0.5) is 5.69 Å². The Labute approximate surface area is 130 Å². The first-order chi connectivity index (χ1) is 10.4. The van der Waals surface area contributed by atoms with Gasteiger partial charge in [-0.3, -0.25) is 9.35 Å². The predicted octanol–water partition coefficient (Wildman–Crippen LogP) is 3.84. The van der Waals surface area contributed by atoms with E-state index in [-0.39, 0.29) is 11.7 Å². The van der Waals surface area contributed by atoms with E-state index in [0.717, 1.165) is 25.7 Å². The van der Waals surface area contributed by atoms with Crippen LogP contribution in [0.1, 0.15) is 45.4 Å². The summed E-state index contributed by atoms with van der Waals surface area (Å²) in [5, 5.41) is 3.32. The van der Waals surface area contributed by atoms with Crippen LogP contribution >= 0.6 is 0 Å². The summed E-state index contributed by atoms with van der Waals surface area (Å²) in [4.78, 5) is 11.6. The van der Waals surface area contributed by atoms with Crippen LogP contribution in [0.25, 0.3) is 0 Å². The van der Waals surface area contributed by atoms with Crippen molar-refractivity contribution in [2.45, 2.75) is 45.4 Å². The smallest absolute Gasteiger partial charge is 0.396 e. The maximum Gasteiger partial charge on any atom is 0.396 e. The lowest BCUT2D eigenvalue weighted by Gasteiger charge is -2.04. The normalized spacial score (nSPS) is 11.7. The molecule has 0 heterocycles. The van der Waals surface area contributed by atoms with E-state index in [1.807, 2.05) is 0 Å². The van der Waals surface area contributed by atoms with Crippen LogP contribution in [0.5, 0.6) is 5.75 Å². The SMILES string of the molecule is CCCCCCCC(=O)Oc1ccc(N=NS(=O)(=O)O)cc1. The van der Waals surface area contributed by atoms with E-state index in [9.17, 15) is 13.2 Å². The fourth-order valence-corrected chi connectivity index (χ4v) is 1.93. The molecule has 0 fully saturated rings. The minimum absolute atomic E-state index is 0.219. The quantitative estimate of drug-likeness (QED) is 0.244. The van der Waals surface area contributed by atoms with E-state index in [4.69, 9.17) is 9.29 Å². The molecule has 22 heavy (non-hydrogen) atoms. The molecular formula is C14H20N2O5S. The fraction of sp³-hybridized carbons (Fsp3) is 0.500. The number of carbonyl (C=O) groups excluding carboxylic acids is 1. The lowest BCUT2D eigenvalue weighted by Crippen LogP contribution is -2.07. The molecule has 0 saturated heterocycles. The lowest BCUT2D eigenvalue weighted by atomic mass is 10.1. The summed E-state index contributed by atoms with van der Waals surface area (Å²) in [6, 6.07) is 5.82. The zero-order chi connectivity index (χ0) is 16.4.